The van der Waals surface area contributed by atoms with Crippen LogP contribution in [0, 0.1) is 5.92 Å². The van der Waals surface area contributed by atoms with Crippen molar-refractivity contribution < 1.29 is 14.7 Å². The average molecular weight is 282 g/mol. The summed E-state index contributed by atoms with van der Waals surface area (Å²) in [6.45, 7) is 2.82. The van der Waals surface area contributed by atoms with E-state index in [-0.39, 0.29) is 17.9 Å². The number of rotatable bonds is 4. The predicted molar refractivity (Wildman–Crippen MR) is 73.0 cm³/mol. The van der Waals surface area contributed by atoms with E-state index >= 15 is 0 Å². The highest BCUT2D eigenvalue weighted by Gasteiger charge is 2.31. The van der Waals surface area contributed by atoms with Crippen LogP contribution in [-0.4, -0.2) is 29.6 Å². The van der Waals surface area contributed by atoms with Crippen molar-refractivity contribution in [1.82, 2.24) is 10.6 Å². The Bertz CT molecular complexity index is 447. The Balaban J connectivity index is 2.05. The van der Waals surface area contributed by atoms with E-state index in [0.29, 0.717) is 4.88 Å². The minimum absolute atomic E-state index is 0.228. The number of aliphatic carboxylic acids is 1. The molecule has 1 aliphatic rings. The summed E-state index contributed by atoms with van der Waals surface area (Å²) in [6, 6.07) is 2.25. The van der Waals surface area contributed by atoms with E-state index in [4.69, 9.17) is 0 Å². The zero-order valence-corrected chi connectivity index (χ0v) is 11.6. The molecule has 19 heavy (non-hydrogen) atoms. The third kappa shape index (κ3) is 3.33. The van der Waals surface area contributed by atoms with E-state index in [1.165, 1.54) is 11.3 Å². The molecule has 5 nitrogen and oxygen atoms in total. The summed E-state index contributed by atoms with van der Waals surface area (Å²) in [5.74, 6) is -1.03. The maximum Gasteiger partial charge on any atom is 0.331 e. The maximum atomic E-state index is 12.2. The molecule has 0 aromatic carbocycles. The molecule has 1 aliphatic heterocycles. The number of carbonyl (C=O) groups is 2. The van der Waals surface area contributed by atoms with Crippen LogP contribution in [0.25, 0.3) is 0 Å². The highest BCUT2D eigenvalue weighted by Crippen LogP contribution is 2.21. The van der Waals surface area contributed by atoms with Gasteiger partial charge in [-0.1, -0.05) is 13.0 Å². The Morgan fingerprint density at radius 2 is 2.37 bits per heavy atom. The van der Waals surface area contributed by atoms with Crippen LogP contribution in [-0.2, 0) is 9.59 Å². The fourth-order valence-corrected chi connectivity index (χ4v) is 3.11. The van der Waals surface area contributed by atoms with Crippen molar-refractivity contribution in [3.05, 3.63) is 22.4 Å². The smallest absolute Gasteiger partial charge is 0.331 e. The molecule has 3 N–H and O–H groups in total. The first-order valence-electron chi connectivity index (χ1n) is 6.39. The van der Waals surface area contributed by atoms with E-state index in [1.807, 2.05) is 6.92 Å². The Morgan fingerprint density at radius 1 is 1.58 bits per heavy atom. The van der Waals surface area contributed by atoms with Gasteiger partial charge in [0.25, 0.3) is 0 Å². The molecule has 1 aromatic rings. The minimum atomic E-state index is -1.03. The van der Waals surface area contributed by atoms with Gasteiger partial charge in [-0.15, -0.1) is 11.3 Å². The van der Waals surface area contributed by atoms with Crippen LogP contribution in [0.4, 0.5) is 0 Å². The van der Waals surface area contributed by atoms with Crippen LogP contribution < -0.4 is 10.6 Å². The third-order valence-electron chi connectivity index (χ3n) is 3.41. The monoisotopic (exact) mass is 282 g/mol. The molecule has 1 saturated heterocycles. The number of carboxylic acid groups (broad SMARTS) is 1. The van der Waals surface area contributed by atoms with Gasteiger partial charge in [-0.3, -0.25) is 4.79 Å². The molecule has 1 amide bonds. The lowest BCUT2D eigenvalue weighted by Crippen LogP contribution is -2.52. The van der Waals surface area contributed by atoms with Crippen molar-refractivity contribution in [2.24, 2.45) is 5.92 Å². The molecule has 0 saturated carbocycles. The first-order valence-corrected chi connectivity index (χ1v) is 7.27. The summed E-state index contributed by atoms with van der Waals surface area (Å²) >= 11 is 1.33. The van der Waals surface area contributed by atoms with Gasteiger partial charge in [-0.05, 0) is 36.8 Å². The Kier molecular flexibility index (Phi) is 4.55. The number of amides is 1. The molecule has 0 spiro atoms. The number of carboxylic acids is 1. The van der Waals surface area contributed by atoms with Crippen LogP contribution in [0.15, 0.2) is 17.5 Å². The fraction of sp³-hybridized carbons (Fsp3) is 0.538. The van der Waals surface area contributed by atoms with Crippen molar-refractivity contribution in [2.75, 3.05) is 6.54 Å². The minimum Gasteiger partial charge on any atom is -0.479 e. The van der Waals surface area contributed by atoms with Crippen LogP contribution in [0.5, 0.6) is 0 Å². The summed E-state index contributed by atoms with van der Waals surface area (Å²) in [7, 11) is 0. The van der Waals surface area contributed by atoms with Gasteiger partial charge in [-0.25, -0.2) is 4.79 Å². The quantitative estimate of drug-likeness (QED) is 0.779. The molecule has 104 valence electrons. The van der Waals surface area contributed by atoms with Gasteiger partial charge in [0, 0.05) is 4.88 Å². The lowest BCUT2D eigenvalue weighted by atomic mass is 9.92. The average Bonchev–Trinajstić information content (AvgIpc) is 2.89. The Morgan fingerprint density at radius 3 is 2.95 bits per heavy atom. The molecule has 0 aliphatic carbocycles. The molecule has 2 heterocycles. The van der Waals surface area contributed by atoms with Gasteiger partial charge >= 0.3 is 5.97 Å². The molecular formula is C13H18N2O3S. The summed E-state index contributed by atoms with van der Waals surface area (Å²) in [4.78, 5) is 24.1. The van der Waals surface area contributed by atoms with Crippen LogP contribution in [0.3, 0.4) is 0 Å². The number of thiophene rings is 1. The molecule has 2 rings (SSSR count). The zero-order valence-electron chi connectivity index (χ0n) is 10.8. The van der Waals surface area contributed by atoms with Gasteiger partial charge in [0.1, 0.15) is 0 Å². The van der Waals surface area contributed by atoms with E-state index in [9.17, 15) is 14.7 Å². The molecule has 1 aromatic heterocycles. The molecule has 6 heteroatoms. The lowest BCUT2D eigenvalue weighted by Gasteiger charge is -2.29. The lowest BCUT2D eigenvalue weighted by molar-refractivity contribution is -0.142. The number of nitrogens with one attached hydrogen (secondary N) is 2. The van der Waals surface area contributed by atoms with Gasteiger partial charge in [-0.2, -0.15) is 0 Å². The summed E-state index contributed by atoms with van der Waals surface area (Å²) < 4.78 is 0. The normalized spacial score (nSPS) is 24.7. The molecule has 3 atom stereocenters. The van der Waals surface area contributed by atoms with Crippen LogP contribution >= 0.6 is 11.3 Å². The van der Waals surface area contributed by atoms with Crippen molar-refractivity contribution in [1.29, 1.82) is 0 Å². The van der Waals surface area contributed by atoms with E-state index in [0.717, 1.165) is 19.4 Å². The summed E-state index contributed by atoms with van der Waals surface area (Å²) in [6.07, 6.45) is 2.04. The molecule has 3 unspecified atom stereocenters. The van der Waals surface area contributed by atoms with Crippen LogP contribution in [0.1, 0.15) is 30.7 Å². The number of hydrogen-bond donors (Lipinski definition) is 3. The number of piperidine rings is 1. The number of hydrogen-bond acceptors (Lipinski definition) is 4. The van der Waals surface area contributed by atoms with Crippen molar-refractivity contribution in [3.63, 3.8) is 0 Å². The SMILES string of the molecule is CC1CCCNC1C(=O)NC(C(=O)O)c1cccs1. The topological polar surface area (TPSA) is 78.4 Å². The Hall–Kier alpha value is -1.40. The van der Waals surface area contributed by atoms with Gasteiger partial charge in [0.05, 0.1) is 6.04 Å². The molecular weight excluding hydrogens is 264 g/mol. The summed E-state index contributed by atoms with van der Waals surface area (Å²) in [5.41, 5.74) is 0. The van der Waals surface area contributed by atoms with E-state index in [2.05, 4.69) is 10.6 Å². The van der Waals surface area contributed by atoms with Gasteiger partial charge in [0.2, 0.25) is 5.91 Å². The first kappa shape index (κ1) is 14.0. The maximum absolute atomic E-state index is 12.2. The van der Waals surface area contributed by atoms with E-state index < -0.39 is 12.0 Å². The summed E-state index contributed by atoms with van der Waals surface area (Å²) in [5, 5.41) is 16.8. The highest BCUT2D eigenvalue weighted by atomic mass is 32.1. The number of carbonyl (C=O) groups excluding carboxylic acids is 1. The molecule has 0 bridgehead atoms. The molecule has 1 fully saturated rings. The standard InChI is InChI=1S/C13H18N2O3S/c1-8-4-2-6-14-10(8)12(16)15-11(13(17)18)9-5-3-7-19-9/h3,5,7-8,10-11,14H,2,4,6H2,1H3,(H,15,16)(H,17,18). The zero-order chi connectivity index (χ0) is 13.8. The molecule has 0 radical (unpaired) electrons. The van der Waals surface area contributed by atoms with Crippen molar-refractivity contribution >= 4 is 23.2 Å². The van der Waals surface area contributed by atoms with Gasteiger partial charge in [0.15, 0.2) is 6.04 Å². The van der Waals surface area contributed by atoms with Crippen molar-refractivity contribution in [2.45, 2.75) is 31.8 Å². The van der Waals surface area contributed by atoms with Crippen molar-refractivity contribution in [3.8, 4) is 0 Å². The fourth-order valence-electron chi connectivity index (χ4n) is 2.34. The highest BCUT2D eigenvalue weighted by molar-refractivity contribution is 7.10. The first-order chi connectivity index (χ1) is 9.09. The third-order valence-corrected chi connectivity index (χ3v) is 4.35. The Labute approximate surface area is 116 Å². The van der Waals surface area contributed by atoms with Gasteiger partial charge < -0.3 is 15.7 Å². The van der Waals surface area contributed by atoms with Crippen LogP contribution in [0.2, 0.25) is 0 Å². The second kappa shape index (κ2) is 6.16. The van der Waals surface area contributed by atoms with E-state index in [1.54, 1.807) is 17.5 Å². The largest absolute Gasteiger partial charge is 0.479 e. The second-order valence-corrected chi connectivity index (χ2v) is 5.83. The second-order valence-electron chi connectivity index (χ2n) is 4.85. The predicted octanol–water partition coefficient (Wildman–Crippen LogP) is 1.38.